The standard InChI is InChI=1S/C27H37N5O.HI/c1-28-27(30-20-25(31-17-7-8-18-31)23-11-3-2-4-12-23)29-16-9-14-26(33)32-19-15-22-10-5-6-13-24(22)21-32;/h2-6,10-13,25H,7-9,14-21H2,1H3,(H2,28,29,30);1H. The molecule has 34 heavy (non-hydrogen) atoms. The Kier molecular flexibility index (Phi) is 10.7. The quantitative estimate of drug-likeness (QED) is 0.217. The second-order valence-corrected chi connectivity index (χ2v) is 8.99. The summed E-state index contributed by atoms with van der Waals surface area (Å²) in [5, 5.41) is 6.90. The molecule has 2 aliphatic heterocycles. The molecule has 0 bridgehead atoms. The van der Waals surface area contributed by atoms with Gasteiger partial charge in [-0.1, -0.05) is 54.6 Å². The summed E-state index contributed by atoms with van der Waals surface area (Å²) in [5.74, 6) is 1.04. The molecule has 0 aromatic heterocycles. The number of carbonyl (C=O) groups is 1. The topological polar surface area (TPSA) is 60.0 Å². The molecule has 2 aliphatic rings. The van der Waals surface area contributed by atoms with Crippen molar-refractivity contribution in [1.82, 2.24) is 20.4 Å². The van der Waals surface area contributed by atoms with Crippen molar-refractivity contribution in [2.45, 2.75) is 44.7 Å². The lowest BCUT2D eigenvalue weighted by atomic mass is 9.99. The van der Waals surface area contributed by atoms with Gasteiger partial charge in [-0.15, -0.1) is 24.0 Å². The van der Waals surface area contributed by atoms with Gasteiger partial charge >= 0.3 is 0 Å². The first-order valence-corrected chi connectivity index (χ1v) is 12.3. The van der Waals surface area contributed by atoms with E-state index in [0.717, 1.165) is 58.1 Å². The number of amides is 1. The molecule has 0 radical (unpaired) electrons. The van der Waals surface area contributed by atoms with Crippen LogP contribution < -0.4 is 10.6 Å². The number of fused-ring (bicyclic) bond motifs is 1. The van der Waals surface area contributed by atoms with Crippen molar-refractivity contribution < 1.29 is 4.79 Å². The molecular formula is C27H38IN5O. The molecule has 2 heterocycles. The fraction of sp³-hybridized carbons (Fsp3) is 0.481. The van der Waals surface area contributed by atoms with E-state index in [9.17, 15) is 4.79 Å². The maximum atomic E-state index is 12.7. The van der Waals surface area contributed by atoms with Gasteiger partial charge in [0.2, 0.25) is 5.91 Å². The lowest BCUT2D eigenvalue weighted by Crippen LogP contribution is -2.43. The SMILES string of the molecule is CN=C(NCCCC(=O)N1CCc2ccccc2C1)NCC(c1ccccc1)N1CCCC1.I. The van der Waals surface area contributed by atoms with Crippen molar-refractivity contribution in [3.63, 3.8) is 0 Å². The molecule has 1 saturated heterocycles. The van der Waals surface area contributed by atoms with Crippen molar-refractivity contribution in [2.24, 2.45) is 4.99 Å². The molecule has 7 heteroatoms. The maximum Gasteiger partial charge on any atom is 0.222 e. The van der Waals surface area contributed by atoms with Gasteiger partial charge in [0.25, 0.3) is 0 Å². The first kappa shape index (κ1) is 26.5. The number of halogens is 1. The summed E-state index contributed by atoms with van der Waals surface area (Å²) in [6.45, 7) is 5.41. The first-order chi connectivity index (χ1) is 16.2. The number of nitrogens with zero attached hydrogens (tertiary/aromatic N) is 3. The molecule has 184 valence electrons. The molecule has 1 atom stereocenters. The number of likely N-dealkylation sites (tertiary alicyclic amines) is 1. The van der Waals surface area contributed by atoms with Gasteiger partial charge in [0.15, 0.2) is 5.96 Å². The van der Waals surface area contributed by atoms with Gasteiger partial charge in [-0.2, -0.15) is 0 Å². The van der Waals surface area contributed by atoms with Crippen LogP contribution in [-0.2, 0) is 17.8 Å². The molecule has 2 aromatic carbocycles. The summed E-state index contributed by atoms with van der Waals surface area (Å²) in [5.41, 5.74) is 4.00. The van der Waals surface area contributed by atoms with Gasteiger partial charge in [0, 0.05) is 39.6 Å². The van der Waals surface area contributed by atoms with Gasteiger partial charge in [-0.05, 0) is 55.5 Å². The highest BCUT2D eigenvalue weighted by Crippen LogP contribution is 2.24. The van der Waals surface area contributed by atoms with Gasteiger partial charge in [-0.25, -0.2) is 0 Å². The monoisotopic (exact) mass is 575 g/mol. The van der Waals surface area contributed by atoms with E-state index in [2.05, 4.69) is 75.1 Å². The van der Waals surface area contributed by atoms with E-state index >= 15 is 0 Å². The number of hydrogen-bond acceptors (Lipinski definition) is 3. The third-order valence-electron chi connectivity index (χ3n) is 6.80. The Morgan fingerprint density at radius 1 is 0.971 bits per heavy atom. The lowest BCUT2D eigenvalue weighted by molar-refractivity contribution is -0.132. The van der Waals surface area contributed by atoms with Crippen LogP contribution in [-0.4, -0.2) is 61.4 Å². The zero-order valence-corrected chi connectivity index (χ0v) is 22.5. The minimum absolute atomic E-state index is 0. The van der Waals surface area contributed by atoms with Crippen LogP contribution in [0.2, 0.25) is 0 Å². The normalized spacial score (nSPS) is 17.0. The second-order valence-electron chi connectivity index (χ2n) is 8.99. The van der Waals surface area contributed by atoms with E-state index in [1.165, 1.54) is 29.5 Å². The Morgan fingerprint density at radius 2 is 1.68 bits per heavy atom. The minimum atomic E-state index is 0. The van der Waals surface area contributed by atoms with E-state index in [1.807, 2.05) is 4.90 Å². The summed E-state index contributed by atoms with van der Waals surface area (Å²) < 4.78 is 0. The lowest BCUT2D eigenvalue weighted by Gasteiger charge is -2.29. The number of aliphatic imine (C=N–C) groups is 1. The molecule has 2 aromatic rings. The fourth-order valence-electron chi connectivity index (χ4n) is 4.91. The average Bonchev–Trinajstić information content (AvgIpc) is 3.40. The summed E-state index contributed by atoms with van der Waals surface area (Å²) in [6.07, 6.45) is 4.86. The van der Waals surface area contributed by atoms with Crippen LogP contribution in [0.5, 0.6) is 0 Å². The van der Waals surface area contributed by atoms with Crippen LogP contribution in [0.15, 0.2) is 59.6 Å². The molecule has 1 fully saturated rings. The van der Waals surface area contributed by atoms with Crippen molar-refractivity contribution in [3.05, 3.63) is 71.3 Å². The van der Waals surface area contributed by atoms with E-state index in [4.69, 9.17) is 0 Å². The summed E-state index contributed by atoms with van der Waals surface area (Å²) >= 11 is 0. The van der Waals surface area contributed by atoms with Gasteiger partial charge in [-0.3, -0.25) is 14.7 Å². The fourth-order valence-corrected chi connectivity index (χ4v) is 4.91. The Labute approximate surface area is 221 Å². The Balaban J connectivity index is 0.00000324. The smallest absolute Gasteiger partial charge is 0.222 e. The molecule has 1 amide bonds. The van der Waals surface area contributed by atoms with Crippen molar-refractivity contribution >= 4 is 35.8 Å². The molecule has 1 unspecified atom stereocenters. The predicted octanol–water partition coefficient (Wildman–Crippen LogP) is 3.97. The first-order valence-electron chi connectivity index (χ1n) is 12.3. The van der Waals surface area contributed by atoms with Gasteiger partial charge < -0.3 is 15.5 Å². The zero-order chi connectivity index (χ0) is 22.9. The highest BCUT2D eigenvalue weighted by Gasteiger charge is 2.23. The molecule has 0 saturated carbocycles. The zero-order valence-electron chi connectivity index (χ0n) is 20.2. The number of carbonyl (C=O) groups excluding carboxylic acids is 1. The Bertz CT molecular complexity index is 930. The summed E-state index contributed by atoms with van der Waals surface area (Å²) in [7, 11) is 1.80. The third-order valence-corrected chi connectivity index (χ3v) is 6.80. The van der Waals surface area contributed by atoms with Crippen LogP contribution in [0.3, 0.4) is 0 Å². The molecule has 2 N–H and O–H groups in total. The van der Waals surface area contributed by atoms with Crippen LogP contribution in [0.25, 0.3) is 0 Å². The van der Waals surface area contributed by atoms with Crippen LogP contribution in [0.4, 0.5) is 0 Å². The highest BCUT2D eigenvalue weighted by atomic mass is 127. The molecule has 0 aliphatic carbocycles. The van der Waals surface area contributed by atoms with Crippen LogP contribution >= 0.6 is 24.0 Å². The highest BCUT2D eigenvalue weighted by molar-refractivity contribution is 14.0. The third kappa shape index (κ3) is 7.18. The second kappa shape index (κ2) is 13.7. The van der Waals surface area contributed by atoms with E-state index in [0.29, 0.717) is 12.5 Å². The van der Waals surface area contributed by atoms with Crippen molar-refractivity contribution in [1.29, 1.82) is 0 Å². The van der Waals surface area contributed by atoms with E-state index in [-0.39, 0.29) is 29.9 Å². The van der Waals surface area contributed by atoms with Crippen molar-refractivity contribution in [3.8, 4) is 0 Å². The number of benzene rings is 2. The van der Waals surface area contributed by atoms with E-state index < -0.39 is 0 Å². The number of hydrogen-bond donors (Lipinski definition) is 2. The van der Waals surface area contributed by atoms with Crippen LogP contribution in [0, 0.1) is 0 Å². The predicted molar refractivity (Wildman–Crippen MR) is 150 cm³/mol. The summed E-state index contributed by atoms with van der Waals surface area (Å²) in [4.78, 5) is 21.6. The van der Waals surface area contributed by atoms with Crippen LogP contribution in [0.1, 0.15) is 48.4 Å². The average molecular weight is 576 g/mol. The largest absolute Gasteiger partial charge is 0.356 e. The summed E-state index contributed by atoms with van der Waals surface area (Å²) in [6, 6.07) is 19.5. The van der Waals surface area contributed by atoms with Crippen molar-refractivity contribution in [2.75, 3.05) is 39.8 Å². The number of guanidine groups is 1. The molecular weight excluding hydrogens is 537 g/mol. The molecule has 6 nitrogen and oxygen atoms in total. The molecule has 0 spiro atoms. The van der Waals surface area contributed by atoms with Gasteiger partial charge in [0.05, 0.1) is 6.04 Å². The minimum Gasteiger partial charge on any atom is -0.356 e. The Hall–Kier alpha value is -2.13. The molecule has 4 rings (SSSR count). The van der Waals surface area contributed by atoms with Gasteiger partial charge in [0.1, 0.15) is 0 Å². The maximum absolute atomic E-state index is 12.7. The number of rotatable bonds is 8. The number of nitrogens with one attached hydrogen (secondary N) is 2. The van der Waals surface area contributed by atoms with E-state index in [1.54, 1.807) is 7.05 Å². The Morgan fingerprint density at radius 3 is 2.41 bits per heavy atom.